The largest absolute Gasteiger partial charge is 0.480 e. The first kappa shape index (κ1) is 12.4. The van der Waals surface area contributed by atoms with Crippen molar-refractivity contribution in [3.05, 3.63) is 41.3 Å². The highest BCUT2D eigenvalue weighted by molar-refractivity contribution is 5.96. The number of anilines is 1. The molecule has 1 aromatic heterocycles. The third-order valence-corrected chi connectivity index (χ3v) is 4.03. The summed E-state index contributed by atoms with van der Waals surface area (Å²) in [7, 11) is 0. The van der Waals surface area contributed by atoms with Crippen LogP contribution in [0.25, 0.3) is 0 Å². The van der Waals surface area contributed by atoms with E-state index in [0.29, 0.717) is 12.3 Å². The standard InChI is InChI=1S/C16H16N2O3/c1-9-14(15(21-18-9)10-6-7-10)17-16(19)13-8-11-4-2-3-5-12(11)20-13/h2-5,10,13H,6-8H2,1H3,(H,17,19). The van der Waals surface area contributed by atoms with Crippen LogP contribution in [0.2, 0.25) is 0 Å². The minimum absolute atomic E-state index is 0.139. The molecule has 1 saturated carbocycles. The van der Waals surface area contributed by atoms with Gasteiger partial charge in [0, 0.05) is 12.3 Å². The summed E-state index contributed by atoms with van der Waals surface area (Å²) in [6, 6.07) is 7.75. The van der Waals surface area contributed by atoms with Crippen LogP contribution in [0.5, 0.6) is 5.75 Å². The van der Waals surface area contributed by atoms with E-state index in [-0.39, 0.29) is 5.91 Å². The van der Waals surface area contributed by atoms with Crippen molar-refractivity contribution in [3.8, 4) is 5.75 Å². The van der Waals surface area contributed by atoms with Gasteiger partial charge in [0.05, 0.1) is 0 Å². The van der Waals surface area contributed by atoms with Gasteiger partial charge in [0.15, 0.2) is 11.9 Å². The van der Waals surface area contributed by atoms with E-state index in [4.69, 9.17) is 9.26 Å². The first-order valence-corrected chi connectivity index (χ1v) is 7.24. The Kier molecular flexibility index (Phi) is 2.74. The average Bonchev–Trinajstić information content (AvgIpc) is 3.13. The third-order valence-electron chi connectivity index (χ3n) is 4.03. The summed E-state index contributed by atoms with van der Waals surface area (Å²) in [4.78, 5) is 12.4. The van der Waals surface area contributed by atoms with Gasteiger partial charge in [-0.25, -0.2) is 0 Å². The SMILES string of the molecule is Cc1noc(C2CC2)c1NC(=O)C1Cc2ccccc2O1. The number of nitrogens with one attached hydrogen (secondary N) is 1. The number of amides is 1. The van der Waals surface area contributed by atoms with Crippen molar-refractivity contribution >= 4 is 11.6 Å². The summed E-state index contributed by atoms with van der Waals surface area (Å²) in [6.45, 7) is 1.84. The van der Waals surface area contributed by atoms with E-state index < -0.39 is 6.10 Å². The Morgan fingerprint density at radius 3 is 2.90 bits per heavy atom. The molecule has 0 spiro atoms. The van der Waals surface area contributed by atoms with Gasteiger partial charge in [0.2, 0.25) is 0 Å². The Labute approximate surface area is 122 Å². The zero-order valence-electron chi connectivity index (χ0n) is 11.8. The predicted molar refractivity (Wildman–Crippen MR) is 76.4 cm³/mol. The van der Waals surface area contributed by atoms with Crippen LogP contribution in [-0.4, -0.2) is 17.2 Å². The van der Waals surface area contributed by atoms with Gasteiger partial charge in [-0.1, -0.05) is 23.4 Å². The highest BCUT2D eigenvalue weighted by Crippen LogP contribution is 2.44. The number of aromatic nitrogens is 1. The molecule has 0 radical (unpaired) electrons. The fraction of sp³-hybridized carbons (Fsp3) is 0.375. The van der Waals surface area contributed by atoms with E-state index in [1.165, 1.54) is 0 Å². The van der Waals surface area contributed by atoms with E-state index >= 15 is 0 Å². The van der Waals surface area contributed by atoms with Gasteiger partial charge in [-0.3, -0.25) is 4.79 Å². The normalized spacial score (nSPS) is 20.0. The van der Waals surface area contributed by atoms with E-state index in [1.807, 2.05) is 31.2 Å². The Balaban J connectivity index is 1.51. The number of rotatable bonds is 3. The number of fused-ring (bicyclic) bond motifs is 1. The van der Waals surface area contributed by atoms with Crippen molar-refractivity contribution in [3.63, 3.8) is 0 Å². The summed E-state index contributed by atoms with van der Waals surface area (Å²) in [6.07, 6.45) is 2.32. The fourth-order valence-electron chi connectivity index (χ4n) is 2.70. The Morgan fingerprint density at radius 2 is 2.14 bits per heavy atom. The van der Waals surface area contributed by atoms with Gasteiger partial charge in [-0.2, -0.15) is 0 Å². The van der Waals surface area contributed by atoms with Crippen LogP contribution in [0.1, 0.15) is 35.8 Å². The lowest BCUT2D eigenvalue weighted by Crippen LogP contribution is -2.31. The molecular weight excluding hydrogens is 268 g/mol. The van der Waals surface area contributed by atoms with Crippen LogP contribution in [-0.2, 0) is 11.2 Å². The maximum Gasteiger partial charge on any atom is 0.265 e. The highest BCUT2D eigenvalue weighted by atomic mass is 16.5. The van der Waals surface area contributed by atoms with Crippen LogP contribution in [0.3, 0.4) is 0 Å². The Hall–Kier alpha value is -2.30. The smallest absolute Gasteiger partial charge is 0.265 e. The van der Waals surface area contributed by atoms with Gasteiger partial charge >= 0.3 is 0 Å². The molecule has 1 amide bonds. The van der Waals surface area contributed by atoms with Gasteiger partial charge < -0.3 is 14.6 Å². The van der Waals surface area contributed by atoms with Crippen molar-refractivity contribution in [2.24, 2.45) is 0 Å². The molecule has 1 unspecified atom stereocenters. The maximum absolute atomic E-state index is 12.4. The first-order valence-electron chi connectivity index (χ1n) is 7.24. The molecule has 1 N–H and O–H groups in total. The molecule has 1 aliphatic carbocycles. The number of para-hydroxylation sites is 1. The number of carbonyl (C=O) groups is 1. The van der Waals surface area contributed by atoms with Crippen LogP contribution < -0.4 is 10.1 Å². The monoisotopic (exact) mass is 284 g/mol. The van der Waals surface area contributed by atoms with Crippen LogP contribution in [0.4, 0.5) is 5.69 Å². The molecule has 4 rings (SSSR count). The lowest BCUT2D eigenvalue weighted by molar-refractivity contribution is -0.122. The van der Waals surface area contributed by atoms with Gasteiger partial charge in [0.25, 0.3) is 5.91 Å². The third kappa shape index (κ3) is 2.18. The Bertz CT molecular complexity index is 678. The number of ether oxygens (including phenoxy) is 1. The molecule has 1 fully saturated rings. The predicted octanol–water partition coefficient (Wildman–Crippen LogP) is 2.80. The molecule has 2 aromatic rings. The number of carbonyl (C=O) groups excluding carboxylic acids is 1. The second kappa shape index (κ2) is 4.62. The van der Waals surface area contributed by atoms with Gasteiger partial charge in [0.1, 0.15) is 17.1 Å². The molecule has 0 saturated heterocycles. The van der Waals surface area contributed by atoms with E-state index in [0.717, 1.165) is 41.3 Å². The molecular formula is C16H16N2O3. The second-order valence-corrected chi connectivity index (χ2v) is 5.69. The Morgan fingerprint density at radius 1 is 1.33 bits per heavy atom. The fourth-order valence-corrected chi connectivity index (χ4v) is 2.70. The molecule has 5 nitrogen and oxygen atoms in total. The molecule has 1 atom stereocenters. The number of hydrogen-bond acceptors (Lipinski definition) is 4. The molecule has 5 heteroatoms. The minimum Gasteiger partial charge on any atom is -0.480 e. The summed E-state index contributed by atoms with van der Waals surface area (Å²) in [5.41, 5.74) is 2.52. The summed E-state index contributed by atoms with van der Waals surface area (Å²) >= 11 is 0. The average molecular weight is 284 g/mol. The number of hydrogen-bond donors (Lipinski definition) is 1. The first-order chi connectivity index (χ1) is 10.2. The van der Waals surface area contributed by atoms with Gasteiger partial charge in [-0.05, 0) is 31.4 Å². The zero-order valence-corrected chi connectivity index (χ0v) is 11.8. The summed E-state index contributed by atoms with van der Waals surface area (Å²) < 4.78 is 11.0. The number of aryl methyl sites for hydroxylation is 1. The quantitative estimate of drug-likeness (QED) is 0.941. The molecule has 1 aliphatic heterocycles. The molecule has 108 valence electrons. The van der Waals surface area contributed by atoms with E-state index in [2.05, 4.69) is 10.5 Å². The van der Waals surface area contributed by atoms with Crippen molar-refractivity contribution in [2.45, 2.75) is 38.2 Å². The lowest BCUT2D eigenvalue weighted by Gasteiger charge is -2.11. The number of nitrogens with zero attached hydrogens (tertiary/aromatic N) is 1. The summed E-state index contributed by atoms with van der Waals surface area (Å²) in [5.74, 6) is 1.86. The van der Waals surface area contributed by atoms with Crippen molar-refractivity contribution < 1.29 is 14.1 Å². The topological polar surface area (TPSA) is 64.4 Å². The molecule has 21 heavy (non-hydrogen) atoms. The number of benzene rings is 1. The highest BCUT2D eigenvalue weighted by Gasteiger charge is 2.34. The van der Waals surface area contributed by atoms with Crippen molar-refractivity contribution in [2.75, 3.05) is 5.32 Å². The van der Waals surface area contributed by atoms with Crippen LogP contribution in [0.15, 0.2) is 28.8 Å². The van der Waals surface area contributed by atoms with Crippen LogP contribution >= 0.6 is 0 Å². The molecule has 0 bridgehead atoms. The molecule has 2 aliphatic rings. The van der Waals surface area contributed by atoms with Gasteiger partial charge in [-0.15, -0.1) is 0 Å². The minimum atomic E-state index is -0.483. The second-order valence-electron chi connectivity index (χ2n) is 5.69. The van der Waals surface area contributed by atoms with Crippen LogP contribution in [0, 0.1) is 6.92 Å². The summed E-state index contributed by atoms with van der Waals surface area (Å²) in [5, 5.41) is 6.90. The maximum atomic E-state index is 12.4. The molecule has 2 heterocycles. The zero-order chi connectivity index (χ0) is 14.4. The van der Waals surface area contributed by atoms with Crippen molar-refractivity contribution in [1.82, 2.24) is 5.16 Å². The molecule has 1 aromatic carbocycles. The van der Waals surface area contributed by atoms with E-state index in [1.54, 1.807) is 0 Å². The lowest BCUT2D eigenvalue weighted by atomic mass is 10.1. The van der Waals surface area contributed by atoms with E-state index in [9.17, 15) is 4.79 Å². The van der Waals surface area contributed by atoms with Crippen molar-refractivity contribution in [1.29, 1.82) is 0 Å².